The molecule has 0 unspecified atom stereocenters. The number of hydrogen-bond acceptors (Lipinski definition) is 6. The van der Waals surface area contributed by atoms with Crippen molar-refractivity contribution in [1.82, 2.24) is 30.5 Å². The van der Waals surface area contributed by atoms with Gasteiger partial charge in [-0.15, -0.1) is 10.2 Å². The maximum atomic E-state index is 11.8. The fourth-order valence-electron chi connectivity index (χ4n) is 1.42. The highest BCUT2D eigenvalue weighted by Crippen LogP contribution is 2.11. The minimum Gasteiger partial charge on any atom is -0.345 e. The summed E-state index contributed by atoms with van der Waals surface area (Å²) in [6.07, 6.45) is 1.26. The highest BCUT2D eigenvalue weighted by Gasteiger charge is 2.17. The van der Waals surface area contributed by atoms with E-state index in [4.69, 9.17) is 5.14 Å². The minimum absolute atomic E-state index is 0.0746. The lowest BCUT2D eigenvalue weighted by molar-refractivity contribution is 0.0941. The van der Waals surface area contributed by atoms with E-state index in [9.17, 15) is 13.2 Å². The second-order valence-electron chi connectivity index (χ2n) is 3.73. The van der Waals surface area contributed by atoms with E-state index < -0.39 is 15.9 Å². The van der Waals surface area contributed by atoms with Gasteiger partial charge in [-0.2, -0.15) is 5.21 Å². The Labute approximate surface area is 108 Å². The van der Waals surface area contributed by atoms with Crippen LogP contribution in [0, 0.1) is 0 Å². The van der Waals surface area contributed by atoms with Gasteiger partial charge in [-0.1, -0.05) is 5.21 Å². The van der Waals surface area contributed by atoms with E-state index in [0.29, 0.717) is 5.82 Å². The molecule has 102 valence electrons. The largest absolute Gasteiger partial charge is 0.345 e. The number of tetrazole rings is 1. The van der Waals surface area contributed by atoms with Crippen molar-refractivity contribution in [2.24, 2.45) is 12.2 Å². The molecule has 0 spiro atoms. The summed E-state index contributed by atoms with van der Waals surface area (Å²) in [5, 5.41) is 20.4. The molecule has 0 fully saturated rings. The molecule has 2 aromatic rings. The zero-order valence-electron chi connectivity index (χ0n) is 9.86. The first-order chi connectivity index (χ1) is 8.88. The van der Waals surface area contributed by atoms with Gasteiger partial charge >= 0.3 is 0 Å². The number of sulfonamides is 1. The van der Waals surface area contributed by atoms with Gasteiger partial charge in [0.1, 0.15) is 10.6 Å². The number of primary sulfonamides is 1. The Morgan fingerprint density at radius 2 is 2.32 bits per heavy atom. The van der Waals surface area contributed by atoms with Crippen molar-refractivity contribution in [2.75, 3.05) is 0 Å². The van der Waals surface area contributed by atoms with Gasteiger partial charge in [-0.05, 0) is 6.07 Å². The number of amides is 1. The van der Waals surface area contributed by atoms with Crippen LogP contribution in [-0.4, -0.2) is 39.5 Å². The predicted octanol–water partition coefficient (Wildman–Crippen LogP) is -1.88. The molecule has 0 saturated heterocycles. The zero-order chi connectivity index (χ0) is 14.0. The van der Waals surface area contributed by atoms with Crippen LogP contribution in [0.3, 0.4) is 0 Å². The molecule has 0 aliphatic carbocycles. The average Bonchev–Trinajstić information content (AvgIpc) is 2.93. The third-order valence-corrected chi connectivity index (χ3v) is 3.22. The maximum absolute atomic E-state index is 11.8. The van der Waals surface area contributed by atoms with Crippen molar-refractivity contribution in [3.05, 3.63) is 23.8 Å². The van der Waals surface area contributed by atoms with Crippen LogP contribution < -0.4 is 10.5 Å². The lowest BCUT2D eigenvalue weighted by Gasteiger charge is -2.02. The molecule has 0 bridgehead atoms. The fourth-order valence-corrected chi connectivity index (χ4v) is 2.00. The highest BCUT2D eigenvalue weighted by molar-refractivity contribution is 7.89. The fraction of sp³-hybridized carbons (Fsp3) is 0.250. The number of carbonyl (C=O) groups excluding carboxylic acids is 1. The number of H-pyrrole nitrogens is 1. The topological polar surface area (TPSA) is 149 Å². The molecule has 0 saturated carbocycles. The molecule has 1 amide bonds. The monoisotopic (exact) mass is 285 g/mol. The normalized spacial score (nSPS) is 11.5. The average molecular weight is 285 g/mol. The first-order valence-electron chi connectivity index (χ1n) is 5.07. The Morgan fingerprint density at radius 1 is 1.58 bits per heavy atom. The smallest absolute Gasteiger partial charge is 0.268 e. The van der Waals surface area contributed by atoms with Crippen molar-refractivity contribution in [2.45, 2.75) is 11.4 Å². The number of nitrogens with zero attached hydrogens (tertiary/aromatic N) is 4. The summed E-state index contributed by atoms with van der Waals surface area (Å²) in [6.45, 7) is 0.0746. The molecule has 0 aromatic carbocycles. The maximum Gasteiger partial charge on any atom is 0.268 e. The van der Waals surface area contributed by atoms with Crippen LogP contribution in [0.15, 0.2) is 17.2 Å². The second kappa shape index (κ2) is 4.78. The van der Waals surface area contributed by atoms with Crippen LogP contribution in [0.2, 0.25) is 0 Å². The van der Waals surface area contributed by atoms with Crippen LogP contribution in [0.1, 0.15) is 16.3 Å². The number of rotatable bonds is 4. The number of aromatic amines is 1. The van der Waals surface area contributed by atoms with E-state index in [-0.39, 0.29) is 17.1 Å². The summed E-state index contributed by atoms with van der Waals surface area (Å²) in [7, 11) is -2.30. The van der Waals surface area contributed by atoms with Crippen molar-refractivity contribution in [1.29, 1.82) is 0 Å². The van der Waals surface area contributed by atoms with Gasteiger partial charge < -0.3 is 9.88 Å². The van der Waals surface area contributed by atoms with Gasteiger partial charge in [0.25, 0.3) is 5.91 Å². The molecule has 0 aliphatic heterocycles. The summed E-state index contributed by atoms with van der Waals surface area (Å²) in [4.78, 5) is 11.7. The standard InChI is InChI=1S/C8H11N7O3S/c1-15-4-5(19(9,17)18)2-6(15)8(16)10-3-7-11-13-14-12-7/h2,4H,3H2,1H3,(H,10,16)(H2,9,17,18)(H,11,12,13,14). The van der Waals surface area contributed by atoms with Crippen molar-refractivity contribution >= 4 is 15.9 Å². The quantitative estimate of drug-likeness (QED) is 0.598. The Kier molecular flexibility index (Phi) is 3.31. The van der Waals surface area contributed by atoms with Crippen LogP contribution in [0.5, 0.6) is 0 Å². The van der Waals surface area contributed by atoms with Crippen LogP contribution in [-0.2, 0) is 23.6 Å². The van der Waals surface area contributed by atoms with E-state index in [1.807, 2.05) is 0 Å². The third-order valence-electron chi connectivity index (χ3n) is 2.34. The molecule has 2 rings (SSSR count). The SMILES string of the molecule is Cn1cc(S(N)(=O)=O)cc1C(=O)NCc1nn[nH]n1. The van der Waals surface area contributed by atoms with Gasteiger partial charge in [-0.25, -0.2) is 13.6 Å². The Morgan fingerprint density at radius 3 is 2.84 bits per heavy atom. The minimum atomic E-state index is -3.84. The Hall–Kier alpha value is -2.27. The summed E-state index contributed by atoms with van der Waals surface area (Å²) >= 11 is 0. The summed E-state index contributed by atoms with van der Waals surface area (Å²) in [5.74, 6) is -0.156. The van der Waals surface area contributed by atoms with Gasteiger partial charge in [0.2, 0.25) is 10.0 Å². The lowest BCUT2D eigenvalue weighted by atomic mass is 10.4. The van der Waals surface area contributed by atoms with E-state index in [0.717, 1.165) is 0 Å². The van der Waals surface area contributed by atoms with Crippen LogP contribution in [0.25, 0.3) is 0 Å². The van der Waals surface area contributed by atoms with Gasteiger partial charge in [-0.3, -0.25) is 4.79 Å². The lowest BCUT2D eigenvalue weighted by Crippen LogP contribution is -2.25. The first-order valence-corrected chi connectivity index (χ1v) is 6.62. The van der Waals surface area contributed by atoms with Crippen LogP contribution >= 0.6 is 0 Å². The highest BCUT2D eigenvalue weighted by atomic mass is 32.2. The van der Waals surface area contributed by atoms with E-state index in [1.54, 1.807) is 0 Å². The van der Waals surface area contributed by atoms with Crippen LogP contribution in [0.4, 0.5) is 0 Å². The molecule has 0 radical (unpaired) electrons. The number of hydrogen-bond donors (Lipinski definition) is 3. The molecule has 4 N–H and O–H groups in total. The first kappa shape index (κ1) is 13.2. The molecular formula is C8H11N7O3S. The predicted molar refractivity (Wildman–Crippen MR) is 62.1 cm³/mol. The zero-order valence-corrected chi connectivity index (χ0v) is 10.7. The van der Waals surface area contributed by atoms with Gasteiger partial charge in [0.05, 0.1) is 6.54 Å². The number of carbonyl (C=O) groups is 1. The molecule has 0 aliphatic rings. The molecule has 0 atom stereocenters. The molecule has 2 heterocycles. The number of aryl methyl sites for hydroxylation is 1. The Bertz CT molecular complexity index is 688. The number of nitrogens with two attached hydrogens (primary N) is 1. The summed E-state index contributed by atoms with van der Waals surface area (Å²) < 4.78 is 23.7. The molecule has 10 nitrogen and oxygen atoms in total. The molecule has 11 heteroatoms. The number of aromatic nitrogens is 5. The van der Waals surface area contributed by atoms with Crippen molar-refractivity contribution in [3.63, 3.8) is 0 Å². The Balaban J connectivity index is 2.13. The van der Waals surface area contributed by atoms with Crippen molar-refractivity contribution in [3.8, 4) is 0 Å². The van der Waals surface area contributed by atoms with E-state index in [2.05, 4.69) is 25.9 Å². The number of nitrogens with one attached hydrogen (secondary N) is 2. The summed E-state index contributed by atoms with van der Waals surface area (Å²) in [5.41, 5.74) is 0.160. The summed E-state index contributed by atoms with van der Waals surface area (Å²) in [6, 6.07) is 1.20. The van der Waals surface area contributed by atoms with E-state index >= 15 is 0 Å². The third kappa shape index (κ3) is 2.95. The van der Waals surface area contributed by atoms with Crippen molar-refractivity contribution < 1.29 is 13.2 Å². The molecule has 2 aromatic heterocycles. The molecular weight excluding hydrogens is 274 g/mol. The molecule has 19 heavy (non-hydrogen) atoms. The van der Waals surface area contributed by atoms with E-state index in [1.165, 1.54) is 23.9 Å². The van der Waals surface area contributed by atoms with Gasteiger partial charge in [0, 0.05) is 13.2 Å². The van der Waals surface area contributed by atoms with Gasteiger partial charge in [0.15, 0.2) is 5.82 Å². The second-order valence-corrected chi connectivity index (χ2v) is 5.29.